The van der Waals surface area contributed by atoms with Crippen LogP contribution in [0.3, 0.4) is 0 Å². The molecule has 0 fully saturated rings. The van der Waals surface area contributed by atoms with Crippen molar-refractivity contribution in [3.05, 3.63) is 66.2 Å². The molecule has 0 heterocycles. The summed E-state index contributed by atoms with van der Waals surface area (Å²) in [6.45, 7) is 0.202. The molecule has 5 nitrogen and oxygen atoms in total. The van der Waals surface area contributed by atoms with Crippen molar-refractivity contribution in [2.24, 2.45) is 0 Å². The highest BCUT2D eigenvalue weighted by atomic mass is 16.5. The topological polar surface area (TPSA) is 75.6 Å². The zero-order chi connectivity index (χ0) is 16.5. The molecule has 0 aliphatic heterocycles. The summed E-state index contributed by atoms with van der Waals surface area (Å²) in [6, 6.07) is 17.4. The Morgan fingerprint density at radius 3 is 2.22 bits per heavy atom. The molecule has 0 aromatic heterocycles. The molecule has 2 N–H and O–H groups in total. The summed E-state index contributed by atoms with van der Waals surface area (Å²) in [5.41, 5.74) is 0.862. The molecule has 0 bridgehead atoms. The van der Waals surface area contributed by atoms with Crippen LogP contribution in [0.15, 0.2) is 60.7 Å². The van der Waals surface area contributed by atoms with Gasteiger partial charge < -0.3 is 15.2 Å². The molecule has 1 atom stereocenters. The molecule has 1 amide bonds. The number of carboxylic acid groups (broad SMARTS) is 1. The number of ether oxygens (including phenoxy) is 1. The minimum Gasteiger partial charge on any atom is -0.493 e. The number of amides is 1. The van der Waals surface area contributed by atoms with E-state index in [1.807, 2.05) is 48.5 Å². The normalized spacial score (nSPS) is 11.5. The van der Waals surface area contributed by atoms with Crippen molar-refractivity contribution in [1.82, 2.24) is 5.32 Å². The van der Waals surface area contributed by atoms with Gasteiger partial charge in [0.1, 0.15) is 11.8 Å². The van der Waals surface area contributed by atoms with Crippen LogP contribution in [0.2, 0.25) is 0 Å². The highest BCUT2D eigenvalue weighted by Crippen LogP contribution is 2.08. The van der Waals surface area contributed by atoms with E-state index in [9.17, 15) is 14.7 Å². The summed E-state index contributed by atoms with van der Waals surface area (Å²) in [5.74, 6) is -0.713. The fourth-order valence-corrected chi connectivity index (χ4v) is 2.09. The largest absolute Gasteiger partial charge is 0.493 e. The monoisotopic (exact) mass is 313 g/mol. The van der Waals surface area contributed by atoms with Crippen LogP contribution in [0.4, 0.5) is 0 Å². The highest BCUT2D eigenvalue weighted by Gasteiger charge is 2.20. The zero-order valence-corrected chi connectivity index (χ0v) is 12.6. The number of nitrogens with one attached hydrogen (secondary N) is 1. The Balaban J connectivity index is 1.80. The van der Waals surface area contributed by atoms with Crippen LogP contribution in [0.1, 0.15) is 12.0 Å². The Morgan fingerprint density at radius 2 is 1.61 bits per heavy atom. The third-order valence-corrected chi connectivity index (χ3v) is 3.26. The molecule has 0 unspecified atom stereocenters. The first-order valence-corrected chi connectivity index (χ1v) is 7.39. The van der Waals surface area contributed by atoms with Crippen LogP contribution in [0.25, 0.3) is 0 Å². The number of rotatable bonds is 8. The third-order valence-electron chi connectivity index (χ3n) is 3.26. The van der Waals surface area contributed by atoms with Crippen LogP contribution in [-0.2, 0) is 16.0 Å². The maximum absolute atomic E-state index is 11.9. The van der Waals surface area contributed by atoms with Gasteiger partial charge in [0.2, 0.25) is 5.91 Å². The molecule has 0 radical (unpaired) electrons. The molecule has 2 aromatic rings. The van der Waals surface area contributed by atoms with Gasteiger partial charge in [0.15, 0.2) is 0 Å². The van der Waals surface area contributed by atoms with E-state index in [1.54, 1.807) is 12.1 Å². The number of para-hydroxylation sites is 1. The van der Waals surface area contributed by atoms with E-state index >= 15 is 0 Å². The number of aliphatic carboxylic acids is 1. The average Bonchev–Trinajstić information content (AvgIpc) is 2.56. The number of carbonyl (C=O) groups excluding carboxylic acids is 1. The van der Waals surface area contributed by atoms with Crippen molar-refractivity contribution in [3.8, 4) is 5.75 Å². The number of carbonyl (C=O) groups is 2. The van der Waals surface area contributed by atoms with E-state index in [0.29, 0.717) is 5.75 Å². The second-order valence-electron chi connectivity index (χ2n) is 5.06. The first-order valence-electron chi connectivity index (χ1n) is 7.39. The van der Waals surface area contributed by atoms with Crippen molar-refractivity contribution in [1.29, 1.82) is 0 Å². The van der Waals surface area contributed by atoms with Crippen LogP contribution >= 0.6 is 0 Å². The van der Waals surface area contributed by atoms with Gasteiger partial charge in [-0.2, -0.15) is 0 Å². The predicted molar refractivity (Wildman–Crippen MR) is 86.3 cm³/mol. The van der Waals surface area contributed by atoms with Crippen molar-refractivity contribution in [2.75, 3.05) is 6.61 Å². The Hall–Kier alpha value is -2.82. The third kappa shape index (κ3) is 5.82. The number of hydrogen-bond acceptors (Lipinski definition) is 3. The summed E-state index contributed by atoms with van der Waals surface area (Å²) < 4.78 is 5.43. The summed E-state index contributed by atoms with van der Waals surface area (Å²) in [4.78, 5) is 23.2. The molecule has 0 spiro atoms. The van der Waals surface area contributed by atoms with Crippen molar-refractivity contribution < 1.29 is 19.4 Å². The lowest BCUT2D eigenvalue weighted by molar-refractivity contribution is -0.141. The number of hydrogen-bond donors (Lipinski definition) is 2. The minimum absolute atomic E-state index is 0.105. The van der Waals surface area contributed by atoms with E-state index in [1.165, 1.54) is 0 Å². The summed E-state index contributed by atoms with van der Waals surface area (Å²) in [6.07, 6.45) is 0.356. The van der Waals surface area contributed by atoms with Gasteiger partial charge in [-0.05, 0) is 17.7 Å². The summed E-state index contributed by atoms with van der Waals surface area (Å²) in [7, 11) is 0. The maximum atomic E-state index is 11.9. The van der Waals surface area contributed by atoms with Gasteiger partial charge in [0.25, 0.3) is 0 Å². The Kier molecular flexibility index (Phi) is 6.17. The van der Waals surface area contributed by atoms with E-state index in [0.717, 1.165) is 5.56 Å². The molecular formula is C18H19NO4. The average molecular weight is 313 g/mol. The van der Waals surface area contributed by atoms with Gasteiger partial charge in [0.05, 0.1) is 13.0 Å². The van der Waals surface area contributed by atoms with Crippen LogP contribution in [0, 0.1) is 0 Å². The molecule has 23 heavy (non-hydrogen) atoms. The van der Waals surface area contributed by atoms with Gasteiger partial charge in [0, 0.05) is 6.42 Å². The molecule has 5 heteroatoms. The molecule has 0 saturated heterocycles. The Bertz CT molecular complexity index is 628. The van der Waals surface area contributed by atoms with Gasteiger partial charge in [-0.25, -0.2) is 4.79 Å². The van der Waals surface area contributed by atoms with Crippen LogP contribution < -0.4 is 10.1 Å². The highest BCUT2D eigenvalue weighted by molar-refractivity contribution is 5.83. The van der Waals surface area contributed by atoms with Crippen molar-refractivity contribution in [2.45, 2.75) is 18.9 Å². The molecule has 2 rings (SSSR count). The van der Waals surface area contributed by atoms with Gasteiger partial charge in [-0.15, -0.1) is 0 Å². The number of benzene rings is 2. The fourth-order valence-electron chi connectivity index (χ4n) is 2.09. The van der Waals surface area contributed by atoms with Gasteiger partial charge >= 0.3 is 5.97 Å². The molecule has 0 aliphatic carbocycles. The minimum atomic E-state index is -1.05. The Morgan fingerprint density at radius 1 is 1.00 bits per heavy atom. The lowest BCUT2D eigenvalue weighted by Crippen LogP contribution is -2.42. The summed E-state index contributed by atoms with van der Waals surface area (Å²) >= 11 is 0. The first-order chi connectivity index (χ1) is 11.1. The quantitative estimate of drug-likeness (QED) is 0.784. The molecule has 120 valence electrons. The smallest absolute Gasteiger partial charge is 0.326 e. The molecular weight excluding hydrogens is 294 g/mol. The van der Waals surface area contributed by atoms with Gasteiger partial charge in [-0.3, -0.25) is 4.79 Å². The second kappa shape index (κ2) is 8.58. The predicted octanol–water partition coefficient (Wildman–Crippen LogP) is 2.27. The maximum Gasteiger partial charge on any atom is 0.326 e. The molecule has 0 saturated carbocycles. The zero-order valence-electron chi connectivity index (χ0n) is 12.6. The molecule has 2 aromatic carbocycles. The summed E-state index contributed by atoms with van der Waals surface area (Å²) in [5, 5.41) is 11.8. The fraction of sp³-hybridized carbons (Fsp3) is 0.222. The van der Waals surface area contributed by atoms with E-state index in [-0.39, 0.29) is 25.4 Å². The van der Waals surface area contributed by atoms with Crippen LogP contribution in [0.5, 0.6) is 5.75 Å². The van der Waals surface area contributed by atoms with E-state index in [4.69, 9.17) is 4.74 Å². The SMILES string of the molecule is O=C(CCOc1ccccc1)N[C@@H](Cc1ccccc1)C(=O)O. The van der Waals surface area contributed by atoms with E-state index < -0.39 is 12.0 Å². The lowest BCUT2D eigenvalue weighted by atomic mass is 10.1. The van der Waals surface area contributed by atoms with Crippen molar-refractivity contribution in [3.63, 3.8) is 0 Å². The van der Waals surface area contributed by atoms with Gasteiger partial charge in [-0.1, -0.05) is 48.5 Å². The van der Waals surface area contributed by atoms with Crippen molar-refractivity contribution >= 4 is 11.9 Å². The first kappa shape index (κ1) is 16.5. The number of carboxylic acids is 1. The molecule has 0 aliphatic rings. The van der Waals surface area contributed by atoms with Crippen LogP contribution in [-0.4, -0.2) is 29.6 Å². The van der Waals surface area contributed by atoms with E-state index in [2.05, 4.69) is 5.32 Å². The lowest BCUT2D eigenvalue weighted by Gasteiger charge is -2.15. The standard InChI is InChI=1S/C18H19NO4/c20-17(11-12-23-15-9-5-2-6-10-15)19-16(18(21)22)13-14-7-3-1-4-8-14/h1-10,16H,11-13H2,(H,19,20)(H,21,22)/t16-/m0/s1. The Labute approximate surface area is 134 Å². The second-order valence-corrected chi connectivity index (χ2v) is 5.06.